The number of fused-ring (bicyclic) bond motifs is 3. The van der Waals surface area contributed by atoms with Crippen molar-refractivity contribution < 1.29 is 4.74 Å². The largest absolute Gasteiger partial charge is 0.497 e. The zero-order valence-corrected chi connectivity index (χ0v) is 9.99. The second kappa shape index (κ2) is 3.38. The smallest absolute Gasteiger partial charge is 0.119 e. The van der Waals surface area contributed by atoms with Crippen LogP contribution < -0.4 is 4.74 Å². The number of ether oxygens (including phenoxy) is 1. The van der Waals surface area contributed by atoms with Crippen LogP contribution in [-0.2, 0) is 6.42 Å². The maximum absolute atomic E-state index is 5.30. The van der Waals surface area contributed by atoms with Gasteiger partial charge in [0.1, 0.15) is 5.75 Å². The molecule has 1 aromatic carbocycles. The summed E-state index contributed by atoms with van der Waals surface area (Å²) >= 11 is 0. The van der Waals surface area contributed by atoms with Gasteiger partial charge in [-0.05, 0) is 53.9 Å². The van der Waals surface area contributed by atoms with Gasteiger partial charge in [0, 0.05) is 0 Å². The van der Waals surface area contributed by atoms with E-state index in [1.165, 1.54) is 24.8 Å². The molecular formula is C15H18O. The molecule has 16 heavy (non-hydrogen) atoms. The minimum atomic E-state index is 0.404. The van der Waals surface area contributed by atoms with Gasteiger partial charge in [-0.1, -0.05) is 25.1 Å². The molecule has 0 saturated carbocycles. The molecule has 1 heteroatoms. The van der Waals surface area contributed by atoms with E-state index in [1.54, 1.807) is 12.7 Å². The summed E-state index contributed by atoms with van der Waals surface area (Å²) in [7, 11) is 1.74. The normalized spacial score (nSPS) is 31.0. The third-order valence-electron chi connectivity index (χ3n) is 4.32. The Bertz CT molecular complexity index is 447. The van der Waals surface area contributed by atoms with Crippen LogP contribution in [0.2, 0.25) is 0 Å². The number of hydrogen-bond donors (Lipinski definition) is 0. The maximum Gasteiger partial charge on any atom is 0.119 e. The van der Waals surface area contributed by atoms with Crippen LogP contribution in [-0.4, -0.2) is 7.11 Å². The lowest BCUT2D eigenvalue weighted by Gasteiger charge is -2.37. The van der Waals surface area contributed by atoms with Crippen LogP contribution in [0.3, 0.4) is 0 Å². The lowest BCUT2D eigenvalue weighted by molar-refractivity contribution is 0.310. The second-order valence-electron chi connectivity index (χ2n) is 5.26. The Balaban J connectivity index is 2.05. The maximum atomic E-state index is 5.30. The average molecular weight is 214 g/mol. The van der Waals surface area contributed by atoms with E-state index in [2.05, 4.69) is 37.3 Å². The Morgan fingerprint density at radius 1 is 1.38 bits per heavy atom. The van der Waals surface area contributed by atoms with Crippen molar-refractivity contribution in [3.63, 3.8) is 0 Å². The minimum absolute atomic E-state index is 0.404. The average Bonchev–Trinajstić information content (AvgIpc) is 2.70. The van der Waals surface area contributed by atoms with E-state index in [1.807, 2.05) is 0 Å². The minimum Gasteiger partial charge on any atom is -0.497 e. The Hall–Kier alpha value is -1.24. The van der Waals surface area contributed by atoms with Crippen LogP contribution in [0.15, 0.2) is 30.4 Å². The molecule has 0 amide bonds. The molecule has 2 atom stereocenters. The summed E-state index contributed by atoms with van der Waals surface area (Å²) in [5.74, 6) is 1.69. The third kappa shape index (κ3) is 1.31. The predicted octanol–water partition coefficient (Wildman–Crippen LogP) is 3.69. The van der Waals surface area contributed by atoms with Gasteiger partial charge in [0.15, 0.2) is 0 Å². The molecule has 0 spiro atoms. The van der Waals surface area contributed by atoms with Crippen molar-refractivity contribution >= 4 is 0 Å². The fourth-order valence-corrected chi connectivity index (χ4v) is 3.27. The summed E-state index contributed by atoms with van der Waals surface area (Å²) in [6, 6.07) is 6.58. The highest BCUT2D eigenvalue weighted by Crippen LogP contribution is 2.52. The van der Waals surface area contributed by atoms with Crippen molar-refractivity contribution in [2.24, 2.45) is 5.41 Å². The molecule has 3 rings (SSSR count). The topological polar surface area (TPSA) is 9.23 Å². The molecule has 2 aliphatic rings. The van der Waals surface area contributed by atoms with Crippen molar-refractivity contribution in [1.82, 2.24) is 0 Å². The lowest BCUT2D eigenvalue weighted by Crippen LogP contribution is -2.26. The van der Waals surface area contributed by atoms with Gasteiger partial charge in [-0.25, -0.2) is 0 Å². The molecule has 0 unspecified atom stereocenters. The van der Waals surface area contributed by atoms with E-state index in [4.69, 9.17) is 4.74 Å². The molecule has 0 saturated heterocycles. The Morgan fingerprint density at radius 2 is 2.25 bits per heavy atom. The molecule has 0 heterocycles. The van der Waals surface area contributed by atoms with Crippen LogP contribution >= 0.6 is 0 Å². The molecule has 1 aromatic rings. The molecule has 2 aliphatic carbocycles. The van der Waals surface area contributed by atoms with Gasteiger partial charge in [0.25, 0.3) is 0 Å². The Labute approximate surface area is 97.1 Å². The molecule has 0 N–H and O–H groups in total. The highest BCUT2D eigenvalue weighted by molar-refractivity contribution is 5.43. The summed E-state index contributed by atoms with van der Waals surface area (Å²) in [6.07, 6.45) is 8.43. The van der Waals surface area contributed by atoms with Crippen molar-refractivity contribution in [2.45, 2.75) is 32.1 Å². The summed E-state index contributed by atoms with van der Waals surface area (Å²) in [6.45, 7) is 2.40. The number of benzene rings is 1. The highest BCUT2D eigenvalue weighted by Gasteiger charge is 2.39. The van der Waals surface area contributed by atoms with E-state index in [0.29, 0.717) is 11.3 Å². The Morgan fingerprint density at radius 3 is 3.06 bits per heavy atom. The fourth-order valence-electron chi connectivity index (χ4n) is 3.27. The van der Waals surface area contributed by atoms with E-state index >= 15 is 0 Å². The van der Waals surface area contributed by atoms with Crippen molar-refractivity contribution in [3.8, 4) is 5.75 Å². The number of rotatable bonds is 1. The predicted molar refractivity (Wildman–Crippen MR) is 65.9 cm³/mol. The summed E-state index contributed by atoms with van der Waals surface area (Å²) in [5, 5.41) is 0. The van der Waals surface area contributed by atoms with Crippen molar-refractivity contribution in [3.05, 3.63) is 41.5 Å². The molecular weight excluding hydrogens is 196 g/mol. The van der Waals surface area contributed by atoms with Crippen molar-refractivity contribution in [1.29, 1.82) is 0 Å². The number of hydrogen-bond acceptors (Lipinski definition) is 1. The van der Waals surface area contributed by atoms with Crippen LogP contribution in [0.4, 0.5) is 0 Å². The van der Waals surface area contributed by atoms with E-state index < -0.39 is 0 Å². The first-order chi connectivity index (χ1) is 7.73. The molecule has 0 bridgehead atoms. The fraction of sp³-hybridized carbons (Fsp3) is 0.467. The van der Waals surface area contributed by atoms with Crippen LogP contribution in [0, 0.1) is 5.41 Å². The van der Waals surface area contributed by atoms with Gasteiger partial charge < -0.3 is 4.74 Å². The zero-order chi connectivity index (χ0) is 11.2. The molecule has 0 aromatic heterocycles. The first-order valence-corrected chi connectivity index (χ1v) is 6.07. The molecule has 84 valence electrons. The van der Waals surface area contributed by atoms with Crippen LogP contribution in [0.25, 0.3) is 0 Å². The van der Waals surface area contributed by atoms with E-state index in [0.717, 1.165) is 5.75 Å². The van der Waals surface area contributed by atoms with Gasteiger partial charge >= 0.3 is 0 Å². The third-order valence-corrected chi connectivity index (χ3v) is 4.32. The first kappa shape index (κ1) is 9.95. The quantitative estimate of drug-likeness (QED) is 0.648. The van der Waals surface area contributed by atoms with Gasteiger partial charge in [0.2, 0.25) is 0 Å². The monoisotopic (exact) mass is 214 g/mol. The van der Waals surface area contributed by atoms with Gasteiger partial charge in [0.05, 0.1) is 7.11 Å². The van der Waals surface area contributed by atoms with Crippen molar-refractivity contribution in [2.75, 3.05) is 7.11 Å². The number of aryl methyl sites for hydroxylation is 1. The molecule has 0 fully saturated rings. The standard InChI is InChI=1S/C15H18O/c1-15-8-3-4-14(15)13-6-5-12(16-2)10-11(13)7-9-15/h3,5-6,8,10,14H,4,7,9H2,1-2H3/t14-,15+/m0/s1. The SMILES string of the molecule is COc1ccc2c(c1)CC[C@@]1(C)C=CC[C@@H]21. The zero-order valence-electron chi connectivity index (χ0n) is 9.99. The second-order valence-corrected chi connectivity index (χ2v) is 5.26. The van der Waals surface area contributed by atoms with Crippen LogP contribution in [0.5, 0.6) is 5.75 Å². The molecule has 0 radical (unpaired) electrons. The van der Waals surface area contributed by atoms with Gasteiger partial charge in [-0.3, -0.25) is 0 Å². The Kier molecular flexibility index (Phi) is 2.10. The van der Waals surface area contributed by atoms with Gasteiger partial charge in [-0.2, -0.15) is 0 Å². The number of methoxy groups -OCH3 is 1. The summed E-state index contributed by atoms with van der Waals surface area (Å²) in [5.41, 5.74) is 3.44. The van der Waals surface area contributed by atoms with Gasteiger partial charge in [-0.15, -0.1) is 0 Å². The van der Waals surface area contributed by atoms with Crippen LogP contribution in [0.1, 0.15) is 36.8 Å². The lowest BCUT2D eigenvalue weighted by atomic mass is 9.67. The number of allylic oxidation sites excluding steroid dienone is 2. The van der Waals surface area contributed by atoms with E-state index in [-0.39, 0.29) is 0 Å². The van der Waals surface area contributed by atoms with E-state index in [9.17, 15) is 0 Å². The summed E-state index contributed by atoms with van der Waals surface area (Å²) in [4.78, 5) is 0. The first-order valence-electron chi connectivity index (χ1n) is 6.07. The molecule has 0 aliphatic heterocycles. The highest BCUT2D eigenvalue weighted by atomic mass is 16.5. The summed E-state index contributed by atoms with van der Waals surface area (Å²) < 4.78 is 5.30. The molecule has 1 nitrogen and oxygen atoms in total.